The van der Waals surface area contributed by atoms with Crippen LogP contribution >= 0.6 is 0 Å². The lowest BCUT2D eigenvalue weighted by Crippen LogP contribution is -2.20. The highest BCUT2D eigenvalue weighted by Crippen LogP contribution is 2.34. The zero-order valence-corrected chi connectivity index (χ0v) is 14.6. The maximum absolute atomic E-state index is 11.2. The van der Waals surface area contributed by atoms with Gasteiger partial charge in [-0.2, -0.15) is 0 Å². The third-order valence-electron chi connectivity index (χ3n) is 3.78. The number of hydrogen-bond donors (Lipinski definition) is 2. The summed E-state index contributed by atoms with van der Waals surface area (Å²) in [6, 6.07) is 19.8. The van der Waals surface area contributed by atoms with Crippen LogP contribution in [0.15, 0.2) is 72.8 Å². The van der Waals surface area contributed by atoms with E-state index < -0.39 is 15.5 Å². The van der Waals surface area contributed by atoms with Crippen LogP contribution in [-0.4, -0.2) is 9.85 Å². The summed E-state index contributed by atoms with van der Waals surface area (Å²) in [5.74, 6) is 0.319. The Morgan fingerprint density at radius 2 is 1.64 bits per heavy atom. The van der Waals surface area contributed by atoms with Gasteiger partial charge in [-0.3, -0.25) is 20.2 Å². The molecule has 28 heavy (non-hydrogen) atoms. The van der Waals surface area contributed by atoms with Gasteiger partial charge in [-0.1, -0.05) is 30.3 Å². The molecule has 2 N–H and O–H groups in total. The first-order valence-corrected chi connectivity index (χ1v) is 8.26. The number of anilines is 1. The fraction of sp³-hybridized carbons (Fsp3) is 0.0526. The van der Waals surface area contributed by atoms with Crippen LogP contribution in [0.4, 0.5) is 17.1 Å². The van der Waals surface area contributed by atoms with Gasteiger partial charge in [0.05, 0.1) is 15.9 Å². The summed E-state index contributed by atoms with van der Waals surface area (Å²) in [6.45, 7) is 0.481. The van der Waals surface area contributed by atoms with Crippen molar-refractivity contribution >= 4 is 17.1 Å². The van der Waals surface area contributed by atoms with Crippen molar-refractivity contribution < 1.29 is 14.6 Å². The number of nitro groups is 2. The molecular formula is C19H16N4O5. The van der Waals surface area contributed by atoms with Crippen LogP contribution in [0.2, 0.25) is 0 Å². The second kappa shape index (κ2) is 8.60. The summed E-state index contributed by atoms with van der Waals surface area (Å²) in [7, 11) is 0. The maximum atomic E-state index is 11.2. The van der Waals surface area contributed by atoms with Crippen molar-refractivity contribution in [1.29, 1.82) is 0 Å². The molecule has 0 spiro atoms. The second-order valence-corrected chi connectivity index (χ2v) is 5.76. The van der Waals surface area contributed by atoms with Crippen LogP contribution in [0.25, 0.3) is 0 Å². The summed E-state index contributed by atoms with van der Waals surface area (Å²) < 4.78 is 5.60. The van der Waals surface area contributed by atoms with Crippen LogP contribution in [0, 0.1) is 20.2 Å². The molecule has 0 saturated heterocycles. The smallest absolute Gasteiger partial charge is 0.318 e. The van der Waals surface area contributed by atoms with E-state index in [0.29, 0.717) is 12.3 Å². The molecule has 3 rings (SSSR count). The van der Waals surface area contributed by atoms with E-state index >= 15 is 0 Å². The number of rotatable bonds is 8. The third-order valence-corrected chi connectivity index (χ3v) is 3.78. The molecule has 3 aromatic rings. The number of nitrogens with one attached hydrogen (secondary N) is 2. The van der Waals surface area contributed by atoms with Gasteiger partial charge in [0, 0.05) is 18.3 Å². The average molecular weight is 380 g/mol. The number of hydrazine groups is 1. The Labute approximate surface area is 159 Å². The zero-order chi connectivity index (χ0) is 19.9. The highest BCUT2D eigenvalue weighted by atomic mass is 16.6. The zero-order valence-electron chi connectivity index (χ0n) is 14.6. The Hall–Kier alpha value is -3.98. The maximum Gasteiger partial charge on any atom is 0.318 e. The lowest BCUT2D eigenvalue weighted by atomic mass is 10.2. The molecule has 0 fully saturated rings. The summed E-state index contributed by atoms with van der Waals surface area (Å²) in [4.78, 5) is 20.6. The molecule has 9 nitrogen and oxygen atoms in total. The SMILES string of the molecule is O=[N+]([O-])c1ccc(Oc2cccc(CNNc3ccccc3)c2)c([N+](=O)[O-])c1. The molecule has 0 aliphatic heterocycles. The van der Waals surface area contributed by atoms with Gasteiger partial charge in [0.1, 0.15) is 5.75 Å². The molecular weight excluding hydrogens is 364 g/mol. The highest BCUT2D eigenvalue weighted by molar-refractivity contribution is 5.55. The van der Waals surface area contributed by atoms with E-state index in [1.165, 1.54) is 6.07 Å². The monoisotopic (exact) mass is 380 g/mol. The van der Waals surface area contributed by atoms with Crippen molar-refractivity contribution in [3.8, 4) is 11.5 Å². The first-order valence-electron chi connectivity index (χ1n) is 8.26. The molecule has 0 amide bonds. The van der Waals surface area contributed by atoms with Crippen molar-refractivity contribution in [3.05, 3.63) is 98.6 Å². The molecule has 3 aromatic carbocycles. The first kappa shape index (κ1) is 18.8. The number of nitrogens with zero attached hydrogens (tertiary/aromatic N) is 2. The number of ether oxygens (including phenoxy) is 1. The topological polar surface area (TPSA) is 120 Å². The summed E-state index contributed by atoms with van der Waals surface area (Å²) in [5.41, 5.74) is 7.08. The quantitative estimate of drug-likeness (QED) is 0.439. The van der Waals surface area contributed by atoms with Crippen molar-refractivity contribution in [2.24, 2.45) is 0 Å². The first-order chi connectivity index (χ1) is 13.5. The minimum absolute atomic E-state index is 0.0666. The predicted octanol–water partition coefficient (Wildman–Crippen LogP) is 4.41. The van der Waals surface area contributed by atoms with Gasteiger partial charge in [0.25, 0.3) is 5.69 Å². The second-order valence-electron chi connectivity index (χ2n) is 5.76. The Morgan fingerprint density at radius 3 is 2.36 bits per heavy atom. The Morgan fingerprint density at radius 1 is 0.857 bits per heavy atom. The number of nitro benzene ring substituents is 2. The number of non-ortho nitro benzene ring substituents is 1. The standard InChI is InChI=1S/C19H16N4O5/c24-22(25)16-9-10-19(18(12-16)23(26)27)28-17-8-4-5-14(11-17)13-20-21-15-6-2-1-3-7-15/h1-12,20-21H,13H2. The fourth-order valence-corrected chi connectivity index (χ4v) is 2.46. The van der Waals surface area contributed by atoms with Crippen molar-refractivity contribution in [2.75, 3.05) is 5.43 Å². The minimum Gasteiger partial charge on any atom is -0.450 e. The molecule has 0 saturated carbocycles. The van der Waals surface area contributed by atoms with Crippen LogP contribution in [0.1, 0.15) is 5.56 Å². The molecule has 0 aromatic heterocycles. The molecule has 0 bridgehead atoms. The highest BCUT2D eigenvalue weighted by Gasteiger charge is 2.21. The van der Waals surface area contributed by atoms with Gasteiger partial charge in [-0.15, -0.1) is 0 Å². The predicted molar refractivity (Wildman–Crippen MR) is 103 cm³/mol. The average Bonchev–Trinajstić information content (AvgIpc) is 2.69. The minimum atomic E-state index is -0.711. The number of hydrogen-bond acceptors (Lipinski definition) is 7. The van der Waals surface area contributed by atoms with E-state index in [-0.39, 0.29) is 11.4 Å². The van der Waals surface area contributed by atoms with E-state index in [1.807, 2.05) is 36.4 Å². The van der Waals surface area contributed by atoms with Gasteiger partial charge >= 0.3 is 5.69 Å². The van der Waals surface area contributed by atoms with Gasteiger partial charge in [0.2, 0.25) is 5.75 Å². The van der Waals surface area contributed by atoms with Gasteiger partial charge in [0.15, 0.2) is 0 Å². The van der Waals surface area contributed by atoms with E-state index in [2.05, 4.69) is 10.9 Å². The van der Waals surface area contributed by atoms with Crippen LogP contribution in [0.5, 0.6) is 11.5 Å². The lowest BCUT2D eigenvalue weighted by molar-refractivity contribution is -0.394. The molecule has 0 heterocycles. The van der Waals surface area contributed by atoms with Gasteiger partial charge < -0.3 is 10.2 Å². The third kappa shape index (κ3) is 4.80. The van der Waals surface area contributed by atoms with E-state index in [0.717, 1.165) is 23.4 Å². The van der Waals surface area contributed by atoms with Gasteiger partial charge in [-0.25, -0.2) is 5.43 Å². The molecule has 0 atom stereocenters. The number of benzene rings is 3. The molecule has 0 aliphatic rings. The van der Waals surface area contributed by atoms with Crippen molar-refractivity contribution in [3.63, 3.8) is 0 Å². The van der Waals surface area contributed by atoms with Crippen LogP contribution < -0.4 is 15.6 Å². The van der Waals surface area contributed by atoms with Crippen LogP contribution in [0.3, 0.4) is 0 Å². The fourth-order valence-electron chi connectivity index (χ4n) is 2.46. The van der Waals surface area contributed by atoms with E-state index in [1.54, 1.807) is 18.2 Å². The van der Waals surface area contributed by atoms with E-state index in [9.17, 15) is 20.2 Å². The Bertz CT molecular complexity index is 995. The summed E-state index contributed by atoms with van der Waals surface area (Å²) in [5, 5.41) is 22.0. The van der Waals surface area contributed by atoms with Gasteiger partial charge in [-0.05, 0) is 35.9 Å². The molecule has 0 radical (unpaired) electrons. The largest absolute Gasteiger partial charge is 0.450 e. The normalized spacial score (nSPS) is 10.3. The van der Waals surface area contributed by atoms with Crippen molar-refractivity contribution in [2.45, 2.75) is 6.54 Å². The Kier molecular flexibility index (Phi) is 5.78. The molecule has 0 unspecified atom stereocenters. The van der Waals surface area contributed by atoms with E-state index in [4.69, 9.17) is 4.74 Å². The summed E-state index contributed by atoms with van der Waals surface area (Å²) >= 11 is 0. The van der Waals surface area contributed by atoms with Crippen molar-refractivity contribution in [1.82, 2.24) is 5.43 Å². The molecule has 9 heteroatoms. The Balaban J connectivity index is 1.70. The molecule has 142 valence electrons. The number of para-hydroxylation sites is 1. The summed E-state index contributed by atoms with van der Waals surface area (Å²) in [6.07, 6.45) is 0. The van der Waals surface area contributed by atoms with Crippen LogP contribution in [-0.2, 0) is 6.54 Å². The lowest BCUT2D eigenvalue weighted by Gasteiger charge is -2.10. The molecule has 0 aliphatic carbocycles.